The van der Waals surface area contributed by atoms with Crippen LogP contribution in [0.25, 0.3) is 22.3 Å². The number of phenols is 2. The molecule has 0 radical (unpaired) electrons. The minimum absolute atomic E-state index is 0.137. The Kier molecular flexibility index (Phi) is 5.67. The summed E-state index contributed by atoms with van der Waals surface area (Å²) in [4.78, 5) is 12.5. The minimum Gasteiger partial charge on any atom is -0.508 e. The summed E-state index contributed by atoms with van der Waals surface area (Å²) in [5, 5.41) is 68.5. The van der Waals surface area contributed by atoms with E-state index >= 15 is 0 Å². The fourth-order valence-electron chi connectivity index (χ4n) is 3.45. The van der Waals surface area contributed by atoms with E-state index in [2.05, 4.69) is 0 Å². The molecule has 4 rings (SSSR count). The standard InChI is InChI=1S/C21H20O11/c22-7-13-15(25)17(27)19(29)21(32-13)30-10-3-1-8(2-4-10)20-18(28)16(26)14-11(24)5-9(23)6-12(14)31-20/h1-6,13,15,17,19,21-25,27-29H,7H2/t13-,15-,17+,19-,21?/m1/s1. The molecule has 7 N–H and O–H groups in total. The van der Waals surface area contributed by atoms with Crippen LogP contribution in [0.5, 0.6) is 23.0 Å². The number of aromatic hydroxyl groups is 3. The summed E-state index contributed by atoms with van der Waals surface area (Å²) in [5.41, 5.74) is -0.771. The van der Waals surface area contributed by atoms with Gasteiger partial charge < -0.3 is 49.6 Å². The molecule has 1 aromatic heterocycles. The third kappa shape index (κ3) is 3.72. The molecule has 0 aliphatic carbocycles. The molecule has 32 heavy (non-hydrogen) atoms. The number of aliphatic hydroxyl groups is 4. The van der Waals surface area contributed by atoms with Crippen LogP contribution in [0.1, 0.15) is 0 Å². The molecule has 1 fully saturated rings. The van der Waals surface area contributed by atoms with E-state index in [1.807, 2.05) is 0 Å². The third-order valence-corrected chi connectivity index (χ3v) is 5.15. The topological polar surface area (TPSA) is 190 Å². The molecule has 0 spiro atoms. The molecule has 1 saturated heterocycles. The second-order valence-electron chi connectivity index (χ2n) is 7.29. The maximum absolute atomic E-state index is 12.5. The van der Waals surface area contributed by atoms with Crippen LogP contribution in [0.15, 0.2) is 45.6 Å². The van der Waals surface area contributed by atoms with Crippen molar-refractivity contribution in [3.8, 4) is 34.3 Å². The molecule has 0 bridgehead atoms. The van der Waals surface area contributed by atoms with Crippen molar-refractivity contribution >= 4 is 11.0 Å². The summed E-state index contributed by atoms with van der Waals surface area (Å²) in [5.74, 6) is -1.68. The van der Waals surface area contributed by atoms with Crippen molar-refractivity contribution in [2.75, 3.05) is 6.61 Å². The molecule has 1 unspecified atom stereocenters. The van der Waals surface area contributed by atoms with Gasteiger partial charge in [0, 0.05) is 17.7 Å². The van der Waals surface area contributed by atoms with E-state index in [1.165, 1.54) is 24.3 Å². The predicted octanol–water partition coefficient (Wildman–Crippen LogP) is -0.245. The molecular formula is C21H20O11. The lowest BCUT2D eigenvalue weighted by Gasteiger charge is -2.39. The number of hydrogen-bond donors (Lipinski definition) is 7. The smallest absolute Gasteiger partial charge is 0.238 e. The molecule has 5 atom stereocenters. The van der Waals surface area contributed by atoms with Crippen LogP contribution < -0.4 is 10.2 Å². The first-order valence-electron chi connectivity index (χ1n) is 9.50. The van der Waals surface area contributed by atoms with Crippen LogP contribution in [-0.2, 0) is 4.74 Å². The lowest BCUT2D eigenvalue weighted by molar-refractivity contribution is -0.277. The molecule has 3 aromatic rings. The Morgan fingerprint density at radius 2 is 1.62 bits per heavy atom. The summed E-state index contributed by atoms with van der Waals surface area (Å²) in [6, 6.07) is 7.72. The van der Waals surface area contributed by atoms with Gasteiger partial charge in [0.15, 0.2) is 5.76 Å². The zero-order chi connectivity index (χ0) is 23.2. The highest BCUT2D eigenvalue weighted by molar-refractivity contribution is 5.88. The Balaban J connectivity index is 1.63. The second kappa shape index (κ2) is 8.30. The van der Waals surface area contributed by atoms with Crippen LogP contribution in [0.3, 0.4) is 0 Å². The molecule has 2 aromatic carbocycles. The molecule has 170 valence electrons. The van der Waals surface area contributed by atoms with Crippen LogP contribution in [0, 0.1) is 0 Å². The summed E-state index contributed by atoms with van der Waals surface area (Å²) >= 11 is 0. The number of hydrogen-bond acceptors (Lipinski definition) is 11. The van der Waals surface area contributed by atoms with Crippen molar-refractivity contribution in [3.63, 3.8) is 0 Å². The van der Waals surface area contributed by atoms with E-state index in [1.54, 1.807) is 0 Å². The number of aliphatic hydroxyl groups excluding tert-OH is 4. The number of fused-ring (bicyclic) bond motifs is 1. The highest BCUT2D eigenvalue weighted by Crippen LogP contribution is 2.35. The maximum atomic E-state index is 12.5. The molecule has 2 heterocycles. The van der Waals surface area contributed by atoms with E-state index in [-0.39, 0.29) is 33.8 Å². The first kappa shape index (κ1) is 21.9. The van der Waals surface area contributed by atoms with Crippen LogP contribution in [0.4, 0.5) is 0 Å². The van der Waals surface area contributed by atoms with E-state index in [4.69, 9.17) is 13.9 Å². The monoisotopic (exact) mass is 448 g/mol. The van der Waals surface area contributed by atoms with E-state index in [9.17, 15) is 40.5 Å². The lowest BCUT2D eigenvalue weighted by atomic mass is 9.99. The zero-order valence-electron chi connectivity index (χ0n) is 16.3. The molecular weight excluding hydrogens is 428 g/mol. The SMILES string of the molecule is O=c1c(O)c(-c2ccc(OC3O[C@H](CO)[C@@H](O)[C@H](O)[C@H]3O)cc2)oc2cc(O)cc(O)c12. The summed E-state index contributed by atoms with van der Waals surface area (Å²) in [6.45, 7) is -0.602. The van der Waals surface area contributed by atoms with Gasteiger partial charge in [-0.2, -0.15) is 0 Å². The van der Waals surface area contributed by atoms with Gasteiger partial charge in [0.25, 0.3) is 0 Å². The van der Waals surface area contributed by atoms with Crippen molar-refractivity contribution < 1.29 is 49.6 Å². The Hall–Kier alpha value is -3.35. The zero-order valence-corrected chi connectivity index (χ0v) is 16.3. The molecule has 1 aliphatic heterocycles. The van der Waals surface area contributed by atoms with Gasteiger partial charge in [-0.1, -0.05) is 0 Å². The van der Waals surface area contributed by atoms with Gasteiger partial charge >= 0.3 is 0 Å². The minimum atomic E-state index is -1.60. The van der Waals surface area contributed by atoms with Crippen molar-refractivity contribution in [2.45, 2.75) is 30.7 Å². The van der Waals surface area contributed by atoms with Gasteiger partial charge in [0.2, 0.25) is 17.5 Å². The Morgan fingerprint density at radius 3 is 2.28 bits per heavy atom. The van der Waals surface area contributed by atoms with E-state index in [0.717, 1.165) is 12.1 Å². The van der Waals surface area contributed by atoms with Crippen LogP contribution in [0.2, 0.25) is 0 Å². The molecule has 11 heteroatoms. The first-order valence-corrected chi connectivity index (χ1v) is 9.50. The van der Waals surface area contributed by atoms with Crippen molar-refractivity contribution in [1.29, 1.82) is 0 Å². The fraction of sp³-hybridized carbons (Fsp3) is 0.286. The van der Waals surface area contributed by atoms with Gasteiger partial charge in [-0.05, 0) is 24.3 Å². The quantitative estimate of drug-likeness (QED) is 0.279. The van der Waals surface area contributed by atoms with Gasteiger partial charge in [0.1, 0.15) is 52.6 Å². The average Bonchev–Trinajstić information content (AvgIpc) is 2.76. The fourth-order valence-corrected chi connectivity index (χ4v) is 3.45. The van der Waals surface area contributed by atoms with Crippen LogP contribution >= 0.6 is 0 Å². The van der Waals surface area contributed by atoms with Gasteiger partial charge in [-0.15, -0.1) is 0 Å². The highest BCUT2D eigenvalue weighted by Gasteiger charge is 2.44. The highest BCUT2D eigenvalue weighted by atomic mass is 16.7. The van der Waals surface area contributed by atoms with Crippen molar-refractivity contribution in [2.24, 2.45) is 0 Å². The van der Waals surface area contributed by atoms with Crippen LogP contribution in [-0.4, -0.2) is 73.1 Å². The van der Waals surface area contributed by atoms with Gasteiger partial charge in [0.05, 0.1) is 6.61 Å². The van der Waals surface area contributed by atoms with Crippen molar-refractivity contribution in [1.82, 2.24) is 0 Å². The Bertz CT molecular complexity index is 1190. The first-order chi connectivity index (χ1) is 15.2. The summed E-state index contributed by atoms with van der Waals surface area (Å²) < 4.78 is 16.3. The summed E-state index contributed by atoms with van der Waals surface area (Å²) in [6.07, 6.45) is -7.21. The van der Waals surface area contributed by atoms with E-state index in [0.29, 0.717) is 0 Å². The molecule has 11 nitrogen and oxygen atoms in total. The molecule has 0 saturated carbocycles. The number of benzene rings is 2. The number of phenolic OH excluding ortho intramolecular Hbond substituents is 2. The van der Waals surface area contributed by atoms with Gasteiger partial charge in [-0.25, -0.2) is 0 Å². The predicted molar refractivity (Wildman–Crippen MR) is 107 cm³/mol. The lowest BCUT2D eigenvalue weighted by Crippen LogP contribution is -2.60. The van der Waals surface area contributed by atoms with E-state index < -0.39 is 54.2 Å². The normalized spacial score (nSPS) is 25.7. The average molecular weight is 448 g/mol. The maximum Gasteiger partial charge on any atom is 0.238 e. The second-order valence-corrected chi connectivity index (χ2v) is 7.29. The van der Waals surface area contributed by atoms with Gasteiger partial charge in [-0.3, -0.25) is 4.79 Å². The third-order valence-electron chi connectivity index (χ3n) is 5.15. The number of ether oxygens (including phenoxy) is 2. The Morgan fingerprint density at radius 1 is 0.938 bits per heavy atom. The Labute approximate surface area is 179 Å². The summed E-state index contributed by atoms with van der Waals surface area (Å²) in [7, 11) is 0. The number of rotatable bonds is 4. The molecule has 1 aliphatic rings. The van der Waals surface area contributed by atoms with Crippen molar-refractivity contribution in [3.05, 3.63) is 46.6 Å². The largest absolute Gasteiger partial charge is 0.508 e. The molecule has 0 amide bonds.